The van der Waals surface area contributed by atoms with Crippen LogP contribution in [-0.2, 0) is 9.59 Å². The molecular weight excluding hydrogens is 414 g/mol. The number of aryl methyl sites for hydroxylation is 3. The standard InChI is InChI=1S/C23H27N3O4S/c1-14-6-7-21(30-9-8-29-19-11-15(2)10-16(3)12-19)20(13-14)22-26(18(5)28)25-23(31-22)24-17(4)27/h6-7,10-13,22H,8-9H2,1-5H3,(H,24,25,27). The minimum Gasteiger partial charge on any atom is -0.490 e. The number of hydrogen-bond donors (Lipinski definition) is 1. The SMILES string of the molecule is CC(=O)NC1=NN(C(C)=O)C(c2cc(C)ccc2OCCOc2cc(C)cc(C)c2)S1. The Morgan fingerprint density at radius 2 is 1.68 bits per heavy atom. The molecule has 0 fully saturated rings. The lowest BCUT2D eigenvalue weighted by Gasteiger charge is -2.22. The predicted molar refractivity (Wildman–Crippen MR) is 122 cm³/mol. The number of thioether (sulfide) groups is 1. The van der Waals surface area contributed by atoms with E-state index in [0.29, 0.717) is 24.1 Å². The van der Waals surface area contributed by atoms with Gasteiger partial charge in [0, 0.05) is 19.4 Å². The van der Waals surface area contributed by atoms with Crippen LogP contribution in [0.1, 0.15) is 41.5 Å². The van der Waals surface area contributed by atoms with Gasteiger partial charge in [-0.25, -0.2) is 5.01 Å². The van der Waals surface area contributed by atoms with Crippen molar-refractivity contribution in [3.8, 4) is 11.5 Å². The summed E-state index contributed by atoms with van der Waals surface area (Å²) in [5.74, 6) is 1.01. The lowest BCUT2D eigenvalue weighted by molar-refractivity contribution is -0.129. The maximum Gasteiger partial charge on any atom is 0.241 e. The molecule has 2 amide bonds. The summed E-state index contributed by atoms with van der Waals surface area (Å²) >= 11 is 1.30. The predicted octanol–water partition coefficient (Wildman–Crippen LogP) is 4.07. The molecule has 0 aliphatic carbocycles. The van der Waals surface area contributed by atoms with Gasteiger partial charge in [-0.2, -0.15) is 0 Å². The van der Waals surface area contributed by atoms with Crippen LogP contribution in [0.3, 0.4) is 0 Å². The smallest absolute Gasteiger partial charge is 0.241 e. The Morgan fingerprint density at radius 3 is 2.32 bits per heavy atom. The maximum atomic E-state index is 12.2. The zero-order valence-corrected chi connectivity index (χ0v) is 19.2. The van der Waals surface area contributed by atoms with Gasteiger partial charge in [0.05, 0.1) is 0 Å². The van der Waals surface area contributed by atoms with Crippen molar-refractivity contribution < 1.29 is 19.1 Å². The molecule has 1 aliphatic rings. The van der Waals surface area contributed by atoms with Crippen molar-refractivity contribution in [2.75, 3.05) is 13.2 Å². The number of hydrazone groups is 1. The van der Waals surface area contributed by atoms with E-state index in [-0.39, 0.29) is 11.8 Å². The average Bonchev–Trinajstić information content (AvgIpc) is 3.08. The molecule has 1 atom stereocenters. The normalized spacial score (nSPS) is 15.5. The highest BCUT2D eigenvalue weighted by Crippen LogP contribution is 2.42. The van der Waals surface area contributed by atoms with E-state index in [1.54, 1.807) is 0 Å². The third kappa shape index (κ3) is 6.01. The summed E-state index contributed by atoms with van der Waals surface area (Å²) in [5.41, 5.74) is 4.14. The Bertz CT molecular complexity index is 1000. The third-order valence-electron chi connectivity index (χ3n) is 4.49. The Morgan fingerprint density at radius 1 is 1.00 bits per heavy atom. The zero-order chi connectivity index (χ0) is 22.5. The van der Waals surface area contributed by atoms with E-state index in [4.69, 9.17) is 9.47 Å². The van der Waals surface area contributed by atoms with Crippen LogP contribution < -0.4 is 14.8 Å². The first-order valence-electron chi connectivity index (χ1n) is 10.00. The molecule has 0 radical (unpaired) electrons. The summed E-state index contributed by atoms with van der Waals surface area (Å²) in [6.45, 7) is 9.63. The van der Waals surface area contributed by atoms with Gasteiger partial charge in [-0.1, -0.05) is 29.5 Å². The van der Waals surface area contributed by atoms with Crippen molar-refractivity contribution >= 4 is 28.7 Å². The number of benzene rings is 2. The second-order valence-corrected chi connectivity index (χ2v) is 8.55. The third-order valence-corrected chi connectivity index (χ3v) is 5.57. The van der Waals surface area contributed by atoms with E-state index in [2.05, 4.69) is 16.5 Å². The maximum absolute atomic E-state index is 12.2. The van der Waals surface area contributed by atoms with Crippen LogP contribution >= 0.6 is 11.8 Å². The molecule has 0 saturated heterocycles. The van der Waals surface area contributed by atoms with Crippen molar-refractivity contribution in [3.05, 3.63) is 58.7 Å². The van der Waals surface area contributed by atoms with Gasteiger partial charge in [0.25, 0.3) is 0 Å². The molecule has 3 rings (SSSR count). The Hall–Kier alpha value is -3.00. The lowest BCUT2D eigenvalue weighted by atomic mass is 10.1. The molecule has 0 bridgehead atoms. The summed E-state index contributed by atoms with van der Waals surface area (Å²) in [7, 11) is 0. The van der Waals surface area contributed by atoms with Crippen LogP contribution in [0.25, 0.3) is 0 Å². The highest BCUT2D eigenvalue weighted by Gasteiger charge is 2.34. The molecule has 1 unspecified atom stereocenters. The number of hydrogen-bond acceptors (Lipinski definition) is 6. The fourth-order valence-electron chi connectivity index (χ4n) is 3.29. The molecule has 0 aromatic heterocycles. The van der Waals surface area contributed by atoms with Crippen LogP contribution in [-0.4, -0.2) is 35.2 Å². The molecule has 1 N–H and O–H groups in total. The van der Waals surface area contributed by atoms with E-state index >= 15 is 0 Å². The molecule has 1 aliphatic heterocycles. The Balaban J connectivity index is 1.71. The fourth-order valence-corrected chi connectivity index (χ4v) is 4.44. The summed E-state index contributed by atoms with van der Waals surface area (Å²) in [6, 6.07) is 11.9. The number of amides is 2. The van der Waals surface area contributed by atoms with Gasteiger partial charge in [0.15, 0.2) is 5.17 Å². The van der Waals surface area contributed by atoms with Crippen LogP contribution in [0.4, 0.5) is 0 Å². The summed E-state index contributed by atoms with van der Waals surface area (Å²) in [5, 5.41) is 8.25. The first-order chi connectivity index (χ1) is 14.7. The van der Waals surface area contributed by atoms with Crippen molar-refractivity contribution in [2.24, 2.45) is 5.10 Å². The number of nitrogens with one attached hydrogen (secondary N) is 1. The quantitative estimate of drug-likeness (QED) is 0.684. The van der Waals surface area contributed by atoms with Gasteiger partial charge in [-0.3, -0.25) is 9.59 Å². The van der Waals surface area contributed by atoms with Crippen LogP contribution in [0, 0.1) is 20.8 Å². The molecule has 31 heavy (non-hydrogen) atoms. The van der Waals surface area contributed by atoms with Crippen molar-refractivity contribution in [2.45, 2.75) is 40.0 Å². The van der Waals surface area contributed by atoms with E-state index < -0.39 is 5.37 Å². The largest absolute Gasteiger partial charge is 0.490 e. The second kappa shape index (κ2) is 9.87. The number of carbonyl (C=O) groups excluding carboxylic acids is 2. The Kier molecular flexibility index (Phi) is 7.22. The fraction of sp³-hybridized carbons (Fsp3) is 0.348. The van der Waals surface area contributed by atoms with Gasteiger partial charge in [0.2, 0.25) is 11.8 Å². The van der Waals surface area contributed by atoms with E-state index in [9.17, 15) is 9.59 Å². The van der Waals surface area contributed by atoms with Crippen LogP contribution in [0.2, 0.25) is 0 Å². The molecular formula is C23H27N3O4S. The molecule has 7 nitrogen and oxygen atoms in total. The monoisotopic (exact) mass is 441 g/mol. The van der Waals surface area contributed by atoms with Gasteiger partial charge in [0.1, 0.15) is 30.1 Å². The molecule has 2 aromatic carbocycles. The van der Waals surface area contributed by atoms with Gasteiger partial charge in [-0.05, 0) is 56.2 Å². The number of ether oxygens (including phenoxy) is 2. The first kappa shape index (κ1) is 22.7. The van der Waals surface area contributed by atoms with Gasteiger partial charge >= 0.3 is 0 Å². The number of rotatable bonds is 6. The zero-order valence-electron chi connectivity index (χ0n) is 18.4. The molecule has 2 aromatic rings. The molecule has 8 heteroatoms. The molecule has 0 saturated carbocycles. The molecule has 164 valence electrons. The van der Waals surface area contributed by atoms with Crippen molar-refractivity contribution in [3.63, 3.8) is 0 Å². The first-order valence-corrected chi connectivity index (χ1v) is 10.9. The highest BCUT2D eigenvalue weighted by atomic mass is 32.2. The van der Waals surface area contributed by atoms with E-state index in [1.807, 2.05) is 51.1 Å². The topological polar surface area (TPSA) is 80.2 Å². The average molecular weight is 442 g/mol. The van der Waals surface area contributed by atoms with E-state index in [0.717, 1.165) is 28.0 Å². The number of amidine groups is 1. The lowest BCUT2D eigenvalue weighted by Crippen LogP contribution is -2.25. The molecule has 0 spiro atoms. The summed E-state index contributed by atoms with van der Waals surface area (Å²) in [6.07, 6.45) is 0. The Labute approximate surface area is 186 Å². The molecule has 1 heterocycles. The second-order valence-electron chi connectivity index (χ2n) is 7.48. The minimum atomic E-state index is -0.422. The van der Waals surface area contributed by atoms with Crippen LogP contribution in [0.5, 0.6) is 11.5 Å². The van der Waals surface area contributed by atoms with Gasteiger partial charge < -0.3 is 14.8 Å². The minimum absolute atomic E-state index is 0.219. The number of carbonyl (C=O) groups is 2. The van der Waals surface area contributed by atoms with E-state index in [1.165, 1.54) is 30.6 Å². The summed E-state index contributed by atoms with van der Waals surface area (Å²) in [4.78, 5) is 23.6. The van der Waals surface area contributed by atoms with Crippen molar-refractivity contribution in [1.82, 2.24) is 10.3 Å². The van der Waals surface area contributed by atoms with Crippen LogP contribution in [0.15, 0.2) is 41.5 Å². The highest BCUT2D eigenvalue weighted by molar-refractivity contribution is 8.14. The van der Waals surface area contributed by atoms with Crippen molar-refractivity contribution in [1.29, 1.82) is 0 Å². The summed E-state index contributed by atoms with van der Waals surface area (Å²) < 4.78 is 11.9. The van der Waals surface area contributed by atoms with Gasteiger partial charge in [-0.15, -0.1) is 5.10 Å². The number of nitrogens with zero attached hydrogens (tertiary/aromatic N) is 2.